The summed E-state index contributed by atoms with van der Waals surface area (Å²) in [5.41, 5.74) is 2.27. The Kier molecular flexibility index (Phi) is 5.69. The summed E-state index contributed by atoms with van der Waals surface area (Å²) in [6, 6.07) is 11.7. The Labute approximate surface area is 170 Å². The molecule has 0 aromatic heterocycles. The molecule has 2 aromatic rings. The van der Waals surface area contributed by atoms with Gasteiger partial charge in [0.25, 0.3) is 0 Å². The molecule has 2 aliphatic rings. The molecule has 0 spiro atoms. The fraction of sp³-hybridized carbons (Fsp3) is 0.435. The number of carbonyl (C=O) groups excluding carboxylic acids is 1. The van der Waals surface area contributed by atoms with Crippen LogP contribution in [0.1, 0.15) is 25.3 Å². The first kappa shape index (κ1) is 19.7. The number of nitrogens with zero attached hydrogens (tertiary/aromatic N) is 2. The number of para-hydroxylation sites is 2. The molecule has 2 aromatic carbocycles. The smallest absolute Gasteiger partial charge is 0.239 e. The number of halogens is 2. The third-order valence-corrected chi connectivity index (χ3v) is 5.69. The summed E-state index contributed by atoms with van der Waals surface area (Å²) in [7, 11) is 0. The molecule has 1 heterocycles. The van der Waals surface area contributed by atoms with Crippen LogP contribution in [0.4, 0.5) is 20.2 Å². The van der Waals surface area contributed by atoms with Gasteiger partial charge in [0.2, 0.25) is 5.91 Å². The minimum Gasteiger partial charge on any atom is -0.368 e. The van der Waals surface area contributed by atoms with Gasteiger partial charge < -0.3 is 15.1 Å². The minimum absolute atomic E-state index is 0.0133. The lowest BCUT2D eigenvalue weighted by atomic mass is 10.1. The second kappa shape index (κ2) is 8.39. The van der Waals surface area contributed by atoms with Crippen LogP contribution in [0.5, 0.6) is 0 Å². The van der Waals surface area contributed by atoms with Gasteiger partial charge in [-0.15, -0.1) is 0 Å². The summed E-state index contributed by atoms with van der Waals surface area (Å²) in [6.07, 6.45) is 2.74. The van der Waals surface area contributed by atoms with Crippen molar-refractivity contribution in [3.8, 4) is 0 Å². The van der Waals surface area contributed by atoms with Crippen LogP contribution in [0.2, 0.25) is 0 Å². The summed E-state index contributed by atoms with van der Waals surface area (Å²) in [5, 5.41) is 2.89. The standard InChI is InChI=1S/C23H27F2N3O/c1-16(13-18-19(24)5-4-6-20(18)25)26-23(29)15-28-12-11-27(14-17-9-10-17)21-7-2-3-8-22(21)28/h2-8,16-17H,9-15H2,1H3,(H,26,29). The first-order chi connectivity index (χ1) is 14.0. The number of amides is 1. The zero-order valence-electron chi connectivity index (χ0n) is 16.7. The second-order valence-electron chi connectivity index (χ2n) is 8.17. The van der Waals surface area contributed by atoms with Crippen LogP contribution in [0.25, 0.3) is 0 Å². The minimum atomic E-state index is -0.577. The lowest BCUT2D eigenvalue weighted by Crippen LogP contribution is -2.47. The van der Waals surface area contributed by atoms with E-state index in [4.69, 9.17) is 0 Å². The molecular weight excluding hydrogens is 372 g/mol. The molecule has 29 heavy (non-hydrogen) atoms. The van der Waals surface area contributed by atoms with Crippen molar-refractivity contribution in [2.24, 2.45) is 5.92 Å². The highest BCUT2D eigenvalue weighted by Crippen LogP contribution is 2.37. The van der Waals surface area contributed by atoms with Gasteiger partial charge in [0.15, 0.2) is 0 Å². The van der Waals surface area contributed by atoms with Crippen molar-refractivity contribution in [2.75, 3.05) is 36.0 Å². The largest absolute Gasteiger partial charge is 0.368 e. The third-order valence-electron chi connectivity index (χ3n) is 5.69. The number of nitrogens with one attached hydrogen (secondary N) is 1. The third kappa shape index (κ3) is 4.69. The Balaban J connectivity index is 1.37. The molecule has 1 aliphatic heterocycles. The number of rotatable bonds is 7. The normalized spacial score (nSPS) is 17.1. The molecule has 1 unspecified atom stereocenters. The van der Waals surface area contributed by atoms with Gasteiger partial charge in [0.05, 0.1) is 17.9 Å². The van der Waals surface area contributed by atoms with Crippen LogP contribution in [-0.4, -0.2) is 38.1 Å². The van der Waals surface area contributed by atoms with E-state index in [1.807, 2.05) is 12.1 Å². The number of carbonyl (C=O) groups is 1. The van der Waals surface area contributed by atoms with Gasteiger partial charge in [-0.3, -0.25) is 4.79 Å². The molecule has 6 heteroatoms. The molecule has 0 bridgehead atoms. The van der Waals surface area contributed by atoms with E-state index in [1.165, 1.54) is 36.7 Å². The van der Waals surface area contributed by atoms with E-state index in [0.29, 0.717) is 0 Å². The average Bonchev–Trinajstić information content (AvgIpc) is 3.51. The molecular formula is C23H27F2N3O. The van der Waals surface area contributed by atoms with Crippen molar-refractivity contribution in [3.63, 3.8) is 0 Å². The van der Waals surface area contributed by atoms with Gasteiger partial charge in [0, 0.05) is 31.2 Å². The Morgan fingerprint density at radius 1 is 1.03 bits per heavy atom. The molecule has 154 valence electrons. The van der Waals surface area contributed by atoms with Gasteiger partial charge in [-0.25, -0.2) is 8.78 Å². The second-order valence-corrected chi connectivity index (χ2v) is 8.17. The zero-order valence-corrected chi connectivity index (χ0v) is 16.7. The van der Waals surface area contributed by atoms with E-state index in [2.05, 4.69) is 27.2 Å². The topological polar surface area (TPSA) is 35.6 Å². The molecule has 0 saturated heterocycles. The zero-order chi connectivity index (χ0) is 20.4. The first-order valence-corrected chi connectivity index (χ1v) is 10.3. The number of hydrogen-bond donors (Lipinski definition) is 1. The highest BCUT2D eigenvalue weighted by Gasteiger charge is 2.29. The van der Waals surface area contributed by atoms with Crippen molar-refractivity contribution < 1.29 is 13.6 Å². The molecule has 1 saturated carbocycles. The summed E-state index contributed by atoms with van der Waals surface area (Å²) < 4.78 is 27.7. The van der Waals surface area contributed by atoms with Gasteiger partial charge in [-0.1, -0.05) is 18.2 Å². The van der Waals surface area contributed by atoms with Crippen LogP contribution in [-0.2, 0) is 11.2 Å². The van der Waals surface area contributed by atoms with E-state index in [1.54, 1.807) is 6.92 Å². The Morgan fingerprint density at radius 2 is 1.66 bits per heavy atom. The Morgan fingerprint density at radius 3 is 2.31 bits per heavy atom. The van der Waals surface area contributed by atoms with Crippen LogP contribution in [0.15, 0.2) is 42.5 Å². The predicted octanol–water partition coefficient (Wildman–Crippen LogP) is 3.75. The highest BCUT2D eigenvalue weighted by molar-refractivity contribution is 5.84. The van der Waals surface area contributed by atoms with E-state index in [0.717, 1.165) is 31.2 Å². The fourth-order valence-electron chi connectivity index (χ4n) is 4.03. The predicted molar refractivity (Wildman–Crippen MR) is 111 cm³/mol. The molecule has 1 atom stereocenters. The Bertz CT molecular complexity index is 864. The van der Waals surface area contributed by atoms with Crippen LogP contribution in [0.3, 0.4) is 0 Å². The van der Waals surface area contributed by atoms with Crippen molar-refractivity contribution in [1.29, 1.82) is 0 Å². The number of anilines is 2. The van der Waals surface area contributed by atoms with Crippen molar-refractivity contribution in [1.82, 2.24) is 5.32 Å². The quantitative estimate of drug-likeness (QED) is 0.770. The van der Waals surface area contributed by atoms with Crippen molar-refractivity contribution >= 4 is 17.3 Å². The van der Waals surface area contributed by atoms with Crippen LogP contribution in [0, 0.1) is 17.6 Å². The van der Waals surface area contributed by atoms with Gasteiger partial charge in [-0.05, 0) is 56.4 Å². The van der Waals surface area contributed by atoms with Gasteiger partial charge >= 0.3 is 0 Å². The lowest BCUT2D eigenvalue weighted by Gasteiger charge is -2.38. The highest BCUT2D eigenvalue weighted by atomic mass is 19.1. The van der Waals surface area contributed by atoms with E-state index < -0.39 is 11.6 Å². The van der Waals surface area contributed by atoms with Crippen LogP contribution < -0.4 is 15.1 Å². The molecule has 1 fully saturated rings. The van der Waals surface area contributed by atoms with E-state index in [9.17, 15) is 13.6 Å². The number of benzene rings is 2. The molecule has 1 aliphatic carbocycles. The maximum absolute atomic E-state index is 13.9. The maximum atomic E-state index is 13.9. The molecule has 4 nitrogen and oxygen atoms in total. The number of fused-ring (bicyclic) bond motifs is 1. The Hall–Kier alpha value is -2.63. The van der Waals surface area contributed by atoms with Gasteiger partial charge in [-0.2, -0.15) is 0 Å². The number of hydrogen-bond acceptors (Lipinski definition) is 3. The molecule has 0 radical (unpaired) electrons. The van der Waals surface area contributed by atoms with Crippen LogP contribution >= 0.6 is 0 Å². The summed E-state index contributed by atoms with van der Waals surface area (Å²) in [6.45, 7) is 4.77. The van der Waals surface area contributed by atoms with E-state index in [-0.39, 0.29) is 30.5 Å². The van der Waals surface area contributed by atoms with E-state index >= 15 is 0 Å². The molecule has 1 amide bonds. The maximum Gasteiger partial charge on any atom is 0.239 e. The summed E-state index contributed by atoms with van der Waals surface area (Å²) >= 11 is 0. The molecule has 1 N–H and O–H groups in total. The summed E-state index contributed by atoms with van der Waals surface area (Å²) in [4.78, 5) is 17.1. The first-order valence-electron chi connectivity index (χ1n) is 10.3. The fourth-order valence-corrected chi connectivity index (χ4v) is 4.03. The van der Waals surface area contributed by atoms with Gasteiger partial charge in [0.1, 0.15) is 11.6 Å². The average molecular weight is 399 g/mol. The van der Waals surface area contributed by atoms with Crippen molar-refractivity contribution in [3.05, 3.63) is 59.7 Å². The van der Waals surface area contributed by atoms with Crippen molar-refractivity contribution in [2.45, 2.75) is 32.2 Å². The monoisotopic (exact) mass is 399 g/mol. The lowest BCUT2D eigenvalue weighted by molar-refractivity contribution is -0.120. The summed E-state index contributed by atoms with van der Waals surface area (Å²) in [5.74, 6) is -0.490. The molecule has 4 rings (SSSR count). The SMILES string of the molecule is CC(Cc1c(F)cccc1F)NC(=O)CN1CCN(CC2CC2)c2ccccc21.